The predicted molar refractivity (Wildman–Crippen MR) is 219 cm³/mol. The van der Waals surface area contributed by atoms with Crippen LogP contribution < -0.4 is 65.9 Å². The number of hydrogen-bond donors (Lipinski definition) is 12. The van der Waals surface area contributed by atoms with Crippen molar-refractivity contribution in [2.45, 2.75) is 130 Å². The number of rotatable bonds is 27. The normalized spacial score (nSPS) is 14.5. The summed E-state index contributed by atoms with van der Waals surface area (Å²) in [6.07, 6.45) is 1.31. The first kappa shape index (κ1) is 52.3. The zero-order valence-corrected chi connectivity index (χ0v) is 35.1. The summed E-state index contributed by atoms with van der Waals surface area (Å²) in [5.74, 6) is -6.60. The van der Waals surface area contributed by atoms with Gasteiger partial charge < -0.3 is 65.9 Å². The van der Waals surface area contributed by atoms with Gasteiger partial charge in [0.15, 0.2) is 11.9 Å². The molecule has 0 saturated carbocycles. The number of primary amides is 1. The molecule has 330 valence electrons. The van der Waals surface area contributed by atoms with Crippen LogP contribution >= 0.6 is 0 Å². The molecule has 58 heavy (non-hydrogen) atoms. The highest BCUT2D eigenvalue weighted by molar-refractivity contribution is 5.97. The molecule has 0 bridgehead atoms. The molecule has 0 aliphatic carbocycles. The molecule has 0 aromatic rings. The largest absolute Gasteiger partial charge is 0.370 e. The topological polar surface area (TPSA) is 376 Å². The van der Waals surface area contributed by atoms with Gasteiger partial charge in [-0.2, -0.15) is 0 Å². The Balaban J connectivity index is 6.23. The van der Waals surface area contributed by atoms with Crippen LogP contribution in [-0.4, -0.2) is 115 Å². The first-order chi connectivity index (χ1) is 27.0. The molecule has 0 aliphatic heterocycles. The molecule has 0 saturated heterocycles. The van der Waals surface area contributed by atoms with E-state index in [2.05, 4.69) is 47.2 Å². The Morgan fingerprint density at radius 3 is 1.50 bits per heavy atom. The third kappa shape index (κ3) is 21.6. The Labute approximate surface area is 340 Å². The predicted octanol–water partition coefficient (Wildman–Crippen LogP) is -3.61. The van der Waals surface area contributed by atoms with Crippen molar-refractivity contribution in [1.29, 1.82) is 0 Å². The van der Waals surface area contributed by atoms with Gasteiger partial charge in [-0.3, -0.25) is 48.3 Å². The van der Waals surface area contributed by atoms with E-state index < -0.39 is 95.3 Å². The quantitative estimate of drug-likeness (QED) is 0.0217. The molecule has 0 heterocycles. The van der Waals surface area contributed by atoms with Crippen LogP contribution in [0, 0.1) is 17.8 Å². The zero-order valence-electron chi connectivity index (χ0n) is 35.1. The maximum absolute atomic E-state index is 13.9. The lowest BCUT2D eigenvalue weighted by atomic mass is 9.95. The van der Waals surface area contributed by atoms with Crippen LogP contribution in [0.1, 0.15) is 93.9 Å². The van der Waals surface area contributed by atoms with Gasteiger partial charge in [-0.1, -0.05) is 48.0 Å². The highest BCUT2D eigenvalue weighted by atomic mass is 16.2. The fourth-order valence-electron chi connectivity index (χ4n) is 5.39. The molecule has 0 unspecified atom stereocenters. The zero-order chi connectivity index (χ0) is 44.7. The lowest BCUT2D eigenvalue weighted by molar-refractivity contribution is -0.136. The van der Waals surface area contributed by atoms with Crippen LogP contribution in [0.2, 0.25) is 0 Å². The van der Waals surface area contributed by atoms with Gasteiger partial charge in [-0.25, -0.2) is 0 Å². The van der Waals surface area contributed by atoms with Crippen molar-refractivity contribution >= 4 is 59.2 Å². The van der Waals surface area contributed by atoms with Crippen LogP contribution in [0.3, 0.4) is 0 Å². The average molecular weight is 825 g/mol. The highest BCUT2D eigenvalue weighted by Crippen LogP contribution is 2.13. The summed E-state index contributed by atoms with van der Waals surface area (Å²) in [7, 11) is 0. The average Bonchev–Trinajstić information content (AvgIpc) is 3.12. The van der Waals surface area contributed by atoms with E-state index in [0.717, 1.165) is 0 Å². The van der Waals surface area contributed by atoms with Gasteiger partial charge in [0, 0.05) is 20.0 Å². The van der Waals surface area contributed by atoms with Crippen molar-refractivity contribution in [2.75, 3.05) is 19.6 Å². The maximum Gasteiger partial charge on any atom is 0.243 e. The standard InChI is InChI=1S/C36H68N14O8/c1-9-20(6)28(50-33(57)27(19(4)5)49-30(54)21(7)45-26(52)17-44-22(8)51)34(58)48-25(16-18(2)3)32(56)47-24(13-11-15-43-36(40)41)31(55)46-23(29(37)53)12-10-14-42-35(38)39/h18-21,23-25,27-28H,9-17H2,1-8H3,(H2,37,53)(H,44,51)(H,45,52)(H,46,55)(H,47,56)(H,48,58)(H,49,54)(H,50,57)(H4,38,39,42)(H4,40,41,43)/t20-,21-,23-,24-,25-,27-,28-/m0/s1. The first-order valence-electron chi connectivity index (χ1n) is 19.5. The Morgan fingerprint density at radius 2 is 1.03 bits per heavy atom. The molecule has 0 aliphatic rings. The van der Waals surface area contributed by atoms with Crippen LogP contribution in [-0.2, 0) is 38.4 Å². The summed E-state index contributed by atoms with van der Waals surface area (Å²) in [4.78, 5) is 111. The van der Waals surface area contributed by atoms with Gasteiger partial charge in [0.25, 0.3) is 0 Å². The van der Waals surface area contributed by atoms with Gasteiger partial charge >= 0.3 is 0 Å². The van der Waals surface area contributed by atoms with Crippen LogP contribution in [0.4, 0.5) is 0 Å². The number of nitrogens with one attached hydrogen (secondary N) is 7. The molecule has 22 nitrogen and oxygen atoms in total. The molecular weight excluding hydrogens is 756 g/mol. The number of amides is 8. The molecule has 0 radical (unpaired) electrons. The Kier molecular flexibility index (Phi) is 24.4. The van der Waals surface area contributed by atoms with E-state index >= 15 is 0 Å². The second-order valence-electron chi connectivity index (χ2n) is 14.9. The third-order valence-electron chi connectivity index (χ3n) is 8.83. The van der Waals surface area contributed by atoms with Crippen molar-refractivity contribution in [2.24, 2.45) is 56.4 Å². The van der Waals surface area contributed by atoms with Crippen LogP contribution in [0.25, 0.3) is 0 Å². The number of nitrogens with zero attached hydrogens (tertiary/aromatic N) is 2. The van der Waals surface area contributed by atoms with E-state index in [1.165, 1.54) is 13.8 Å². The van der Waals surface area contributed by atoms with E-state index in [1.807, 2.05) is 20.8 Å². The first-order valence-corrected chi connectivity index (χ1v) is 19.5. The summed E-state index contributed by atoms with van der Waals surface area (Å²) in [6, 6.07) is -6.81. The van der Waals surface area contributed by atoms with Gasteiger partial charge in [0.1, 0.15) is 36.3 Å². The number of guanidine groups is 2. The molecule has 0 spiro atoms. The molecule has 0 aromatic heterocycles. The Morgan fingerprint density at radius 1 is 0.569 bits per heavy atom. The van der Waals surface area contributed by atoms with Gasteiger partial charge in [-0.15, -0.1) is 0 Å². The van der Waals surface area contributed by atoms with Gasteiger partial charge in [0.05, 0.1) is 6.54 Å². The fraction of sp³-hybridized carbons (Fsp3) is 0.722. The minimum absolute atomic E-state index is 0.0433. The molecule has 8 amide bonds. The summed E-state index contributed by atoms with van der Waals surface area (Å²) >= 11 is 0. The SMILES string of the molecule is CC[C@H](C)[C@H](NC(=O)[C@@H](NC(=O)[C@H](C)NC(=O)CNC(C)=O)C(C)C)C(=O)N[C@@H](CC(C)C)C(=O)N[C@@H](CCCN=C(N)N)C(=O)N[C@@H](CCCN=C(N)N)C(N)=O. The molecular formula is C36H68N14O8. The second kappa shape index (κ2) is 27.0. The van der Waals surface area contributed by atoms with Crippen molar-refractivity contribution in [3.05, 3.63) is 0 Å². The molecule has 0 rings (SSSR count). The molecule has 17 N–H and O–H groups in total. The van der Waals surface area contributed by atoms with Crippen molar-refractivity contribution in [3.8, 4) is 0 Å². The number of nitrogens with two attached hydrogens (primary N) is 5. The van der Waals surface area contributed by atoms with E-state index in [4.69, 9.17) is 28.7 Å². The fourth-order valence-corrected chi connectivity index (χ4v) is 5.39. The minimum atomic E-state index is -1.20. The molecule has 22 heteroatoms. The van der Waals surface area contributed by atoms with E-state index in [0.29, 0.717) is 12.8 Å². The smallest absolute Gasteiger partial charge is 0.243 e. The monoisotopic (exact) mass is 825 g/mol. The lowest BCUT2D eigenvalue weighted by Crippen LogP contribution is -2.61. The number of carbonyl (C=O) groups excluding carboxylic acids is 8. The second-order valence-corrected chi connectivity index (χ2v) is 14.9. The number of carbonyl (C=O) groups is 8. The van der Waals surface area contributed by atoms with Gasteiger partial charge in [-0.05, 0) is 56.8 Å². The van der Waals surface area contributed by atoms with E-state index in [1.54, 1.807) is 20.8 Å². The van der Waals surface area contributed by atoms with Crippen LogP contribution in [0.15, 0.2) is 9.98 Å². The summed E-state index contributed by atoms with van der Waals surface area (Å²) < 4.78 is 0. The van der Waals surface area contributed by atoms with Gasteiger partial charge in [0.2, 0.25) is 47.3 Å². The molecule has 0 fully saturated rings. The maximum atomic E-state index is 13.9. The van der Waals surface area contributed by atoms with Crippen molar-refractivity contribution in [3.63, 3.8) is 0 Å². The number of aliphatic imine (C=N–C) groups is 2. The molecule has 7 atom stereocenters. The highest BCUT2D eigenvalue weighted by Gasteiger charge is 2.35. The minimum Gasteiger partial charge on any atom is -0.370 e. The lowest BCUT2D eigenvalue weighted by Gasteiger charge is -2.30. The molecule has 0 aromatic carbocycles. The Bertz CT molecular complexity index is 1460. The van der Waals surface area contributed by atoms with E-state index in [-0.39, 0.29) is 63.2 Å². The number of hydrogen-bond acceptors (Lipinski definition) is 10. The van der Waals surface area contributed by atoms with Crippen molar-refractivity contribution < 1.29 is 38.4 Å². The third-order valence-corrected chi connectivity index (χ3v) is 8.83. The van der Waals surface area contributed by atoms with Crippen LogP contribution in [0.5, 0.6) is 0 Å². The summed E-state index contributed by atoms with van der Waals surface area (Å²) in [6.45, 7) is 13.2. The van der Waals surface area contributed by atoms with Crippen molar-refractivity contribution in [1.82, 2.24) is 37.2 Å². The Hall–Kier alpha value is -5.70. The summed E-state index contributed by atoms with van der Waals surface area (Å²) in [5.41, 5.74) is 27.1. The summed E-state index contributed by atoms with van der Waals surface area (Å²) in [5, 5.41) is 18.1. The van der Waals surface area contributed by atoms with E-state index in [9.17, 15) is 38.4 Å².